The maximum absolute atomic E-state index is 11.7. The van der Waals surface area contributed by atoms with Crippen molar-refractivity contribution in [1.29, 1.82) is 0 Å². The Morgan fingerprint density at radius 1 is 1.17 bits per heavy atom. The lowest BCUT2D eigenvalue weighted by atomic mass is 10.3. The number of hydrogen-bond acceptors (Lipinski definition) is 7. The summed E-state index contributed by atoms with van der Waals surface area (Å²) in [7, 11) is 0. The highest BCUT2D eigenvalue weighted by Gasteiger charge is 2.07. The molecular weight excluding hydrogens is 234 g/mol. The first-order valence-electron chi connectivity index (χ1n) is 5.01. The molecule has 0 unspecified atom stereocenters. The number of hydrazine groups is 1. The first kappa shape index (κ1) is 11.6. The lowest BCUT2D eigenvalue weighted by Gasteiger charge is -2.10. The molecule has 2 aromatic heterocycles. The molecule has 0 saturated heterocycles. The molecule has 0 fully saturated rings. The van der Waals surface area contributed by atoms with Gasteiger partial charge in [0.05, 0.1) is 0 Å². The molecule has 2 aromatic rings. The summed E-state index contributed by atoms with van der Waals surface area (Å²) in [5, 5.41) is 0. The maximum atomic E-state index is 11.7. The van der Waals surface area contributed by atoms with Crippen LogP contribution >= 0.6 is 0 Å². The summed E-state index contributed by atoms with van der Waals surface area (Å²) in [4.78, 5) is 23.1. The molecule has 0 saturated carbocycles. The zero-order valence-corrected chi connectivity index (χ0v) is 9.29. The monoisotopic (exact) mass is 245 g/mol. The van der Waals surface area contributed by atoms with Crippen LogP contribution in [0.1, 0.15) is 10.4 Å². The minimum Gasteiger partial charge on any atom is -0.393 e. The Hall–Kier alpha value is -2.90. The van der Waals surface area contributed by atoms with Gasteiger partial charge in [-0.2, -0.15) is 0 Å². The number of carbonyl (C=O) groups is 1. The van der Waals surface area contributed by atoms with E-state index in [1.54, 1.807) is 12.1 Å². The molecule has 0 aromatic carbocycles. The number of hydrogen-bond donors (Lipinski definition) is 4. The second-order valence-electron chi connectivity index (χ2n) is 3.34. The quantitative estimate of drug-likeness (QED) is 0.550. The largest absolute Gasteiger partial charge is 0.393 e. The van der Waals surface area contributed by atoms with E-state index in [-0.39, 0.29) is 23.2 Å². The smallest absolute Gasteiger partial charge is 0.269 e. The van der Waals surface area contributed by atoms with Gasteiger partial charge in [-0.1, -0.05) is 0 Å². The maximum Gasteiger partial charge on any atom is 0.269 e. The Bertz CT molecular complexity index is 557. The molecule has 0 aliphatic carbocycles. The van der Waals surface area contributed by atoms with Crippen molar-refractivity contribution in [1.82, 2.24) is 20.4 Å². The van der Waals surface area contributed by atoms with Crippen molar-refractivity contribution in [2.45, 2.75) is 0 Å². The third kappa shape index (κ3) is 2.43. The summed E-state index contributed by atoms with van der Waals surface area (Å²) >= 11 is 0. The number of anilines is 3. The van der Waals surface area contributed by atoms with E-state index in [1.807, 2.05) is 0 Å². The molecule has 2 rings (SSSR count). The topological polar surface area (TPSA) is 132 Å². The standard InChI is InChI=1S/C10H11N7O/c11-7-8(12)14-5-15-9(7)16-17-10(18)6-1-3-13-4-2-6/h1-5H,11H2,(H,17,18)(H3,12,14,15,16). The molecule has 2 heterocycles. The van der Waals surface area contributed by atoms with Crippen molar-refractivity contribution in [2.75, 3.05) is 16.9 Å². The van der Waals surface area contributed by atoms with Crippen molar-refractivity contribution in [3.63, 3.8) is 0 Å². The van der Waals surface area contributed by atoms with Crippen LogP contribution in [0.5, 0.6) is 0 Å². The van der Waals surface area contributed by atoms with Crippen molar-refractivity contribution in [2.24, 2.45) is 0 Å². The summed E-state index contributed by atoms with van der Waals surface area (Å²) in [5.74, 6) is 0.0459. The van der Waals surface area contributed by atoms with E-state index < -0.39 is 0 Å². The molecule has 8 nitrogen and oxygen atoms in total. The third-order valence-corrected chi connectivity index (χ3v) is 2.15. The lowest BCUT2D eigenvalue weighted by Crippen LogP contribution is -2.30. The number of rotatable bonds is 3. The van der Waals surface area contributed by atoms with Crippen LogP contribution in [-0.2, 0) is 0 Å². The van der Waals surface area contributed by atoms with Crippen molar-refractivity contribution >= 4 is 23.2 Å². The molecule has 0 bridgehead atoms. The van der Waals surface area contributed by atoms with Crippen LogP contribution in [0.3, 0.4) is 0 Å². The van der Waals surface area contributed by atoms with Gasteiger partial charge in [0.1, 0.15) is 12.0 Å². The highest BCUT2D eigenvalue weighted by atomic mass is 16.2. The Labute approximate surface area is 102 Å². The molecular formula is C10H11N7O. The zero-order chi connectivity index (χ0) is 13.0. The van der Waals surface area contributed by atoms with E-state index in [0.717, 1.165) is 0 Å². The van der Waals surface area contributed by atoms with Crippen LogP contribution < -0.4 is 22.3 Å². The molecule has 0 radical (unpaired) electrons. The summed E-state index contributed by atoms with van der Waals surface area (Å²) in [5.41, 5.74) is 16.8. The molecule has 6 N–H and O–H groups in total. The van der Waals surface area contributed by atoms with Crippen molar-refractivity contribution in [3.8, 4) is 0 Å². The first-order valence-corrected chi connectivity index (χ1v) is 5.01. The molecule has 0 aliphatic rings. The third-order valence-electron chi connectivity index (χ3n) is 2.15. The van der Waals surface area contributed by atoms with Gasteiger partial charge in [0.25, 0.3) is 5.91 Å². The van der Waals surface area contributed by atoms with Gasteiger partial charge < -0.3 is 11.5 Å². The van der Waals surface area contributed by atoms with Crippen LogP contribution in [0.2, 0.25) is 0 Å². The van der Waals surface area contributed by atoms with Gasteiger partial charge in [-0.3, -0.25) is 20.6 Å². The molecule has 1 amide bonds. The molecule has 0 atom stereocenters. The van der Waals surface area contributed by atoms with E-state index in [9.17, 15) is 4.79 Å². The number of nitrogen functional groups attached to an aromatic ring is 2. The van der Waals surface area contributed by atoms with E-state index >= 15 is 0 Å². The van der Waals surface area contributed by atoms with E-state index in [0.29, 0.717) is 5.56 Å². The van der Waals surface area contributed by atoms with Gasteiger partial charge in [0, 0.05) is 18.0 Å². The number of nitrogens with one attached hydrogen (secondary N) is 2. The second-order valence-corrected chi connectivity index (χ2v) is 3.34. The Balaban J connectivity index is 2.04. The fourth-order valence-corrected chi connectivity index (χ4v) is 1.20. The van der Waals surface area contributed by atoms with Gasteiger partial charge in [-0.05, 0) is 12.1 Å². The average molecular weight is 245 g/mol. The van der Waals surface area contributed by atoms with Gasteiger partial charge in [-0.15, -0.1) is 0 Å². The predicted octanol–water partition coefficient (Wildman–Crippen LogP) is -0.207. The summed E-state index contributed by atoms with van der Waals surface area (Å²) in [6.45, 7) is 0. The van der Waals surface area contributed by atoms with Crippen LogP contribution in [0, 0.1) is 0 Å². The van der Waals surface area contributed by atoms with Crippen molar-refractivity contribution < 1.29 is 4.79 Å². The molecule has 0 aliphatic heterocycles. The van der Waals surface area contributed by atoms with E-state index in [1.165, 1.54) is 18.7 Å². The van der Waals surface area contributed by atoms with Crippen LogP contribution in [-0.4, -0.2) is 20.9 Å². The van der Waals surface area contributed by atoms with E-state index in [2.05, 4.69) is 25.8 Å². The SMILES string of the molecule is Nc1ncnc(NNC(=O)c2ccncc2)c1N. The second kappa shape index (κ2) is 4.95. The number of amides is 1. The van der Waals surface area contributed by atoms with Gasteiger partial charge in [-0.25, -0.2) is 9.97 Å². The fourth-order valence-electron chi connectivity index (χ4n) is 1.20. The molecule has 8 heteroatoms. The number of carbonyl (C=O) groups excluding carboxylic acids is 1. The normalized spacial score (nSPS) is 9.78. The minimum atomic E-state index is -0.339. The Morgan fingerprint density at radius 3 is 2.61 bits per heavy atom. The summed E-state index contributed by atoms with van der Waals surface area (Å²) < 4.78 is 0. The van der Waals surface area contributed by atoms with Crippen LogP contribution in [0.15, 0.2) is 30.9 Å². The van der Waals surface area contributed by atoms with Crippen LogP contribution in [0.25, 0.3) is 0 Å². The molecule has 18 heavy (non-hydrogen) atoms. The highest BCUT2D eigenvalue weighted by Crippen LogP contribution is 2.18. The average Bonchev–Trinajstić information content (AvgIpc) is 2.41. The fraction of sp³-hybridized carbons (Fsp3) is 0. The summed E-state index contributed by atoms with van der Waals surface area (Å²) in [6.07, 6.45) is 4.28. The Morgan fingerprint density at radius 2 is 1.89 bits per heavy atom. The van der Waals surface area contributed by atoms with Crippen LogP contribution in [0.4, 0.5) is 17.3 Å². The number of pyridine rings is 1. The van der Waals surface area contributed by atoms with E-state index in [4.69, 9.17) is 11.5 Å². The highest BCUT2D eigenvalue weighted by molar-refractivity contribution is 5.95. The van der Waals surface area contributed by atoms with Gasteiger partial charge >= 0.3 is 0 Å². The summed E-state index contributed by atoms with van der Waals surface area (Å²) in [6, 6.07) is 3.16. The molecule has 92 valence electrons. The van der Waals surface area contributed by atoms with Gasteiger partial charge in [0.15, 0.2) is 11.6 Å². The number of aromatic nitrogens is 3. The Kier molecular flexibility index (Phi) is 3.19. The first-order chi connectivity index (χ1) is 8.68. The number of nitrogens with zero attached hydrogens (tertiary/aromatic N) is 3. The van der Waals surface area contributed by atoms with Gasteiger partial charge in [0.2, 0.25) is 0 Å². The zero-order valence-electron chi connectivity index (χ0n) is 9.29. The predicted molar refractivity (Wildman–Crippen MR) is 66.2 cm³/mol. The minimum absolute atomic E-state index is 0.144. The molecule has 0 spiro atoms. The number of nitrogens with two attached hydrogens (primary N) is 2. The lowest BCUT2D eigenvalue weighted by molar-refractivity contribution is 0.0962. The van der Waals surface area contributed by atoms with Crippen molar-refractivity contribution in [3.05, 3.63) is 36.4 Å².